The van der Waals surface area contributed by atoms with E-state index in [1.54, 1.807) is 0 Å². The largest absolute Gasteiger partial charge is 0.491 e. The molecular weight excluding hydrogens is 212 g/mol. The van der Waals surface area contributed by atoms with Crippen LogP contribution in [0.25, 0.3) is 0 Å². The van der Waals surface area contributed by atoms with Gasteiger partial charge in [-0.15, -0.1) is 0 Å². The van der Waals surface area contributed by atoms with Crippen LogP contribution in [0.3, 0.4) is 0 Å². The van der Waals surface area contributed by atoms with Gasteiger partial charge in [0.1, 0.15) is 5.75 Å². The normalized spacial score (nSPS) is 10.8. The van der Waals surface area contributed by atoms with Crippen molar-refractivity contribution in [3.63, 3.8) is 0 Å². The van der Waals surface area contributed by atoms with Crippen molar-refractivity contribution in [3.05, 3.63) is 29.8 Å². The van der Waals surface area contributed by atoms with Crippen LogP contribution in [0.5, 0.6) is 5.75 Å². The van der Waals surface area contributed by atoms with Crippen molar-refractivity contribution >= 4 is 0 Å². The third kappa shape index (κ3) is 5.71. The SMILES string of the molecule is CNCCCNCc1ccccc1OC(C)C. The van der Waals surface area contributed by atoms with E-state index in [2.05, 4.69) is 36.6 Å². The molecule has 0 aromatic heterocycles. The minimum Gasteiger partial charge on any atom is -0.491 e. The van der Waals surface area contributed by atoms with Gasteiger partial charge < -0.3 is 15.4 Å². The maximum atomic E-state index is 5.77. The van der Waals surface area contributed by atoms with E-state index >= 15 is 0 Å². The predicted molar refractivity (Wildman–Crippen MR) is 72.5 cm³/mol. The average molecular weight is 236 g/mol. The molecule has 0 radical (unpaired) electrons. The van der Waals surface area contributed by atoms with E-state index in [0.29, 0.717) is 0 Å². The Balaban J connectivity index is 2.40. The molecule has 1 aromatic rings. The van der Waals surface area contributed by atoms with Crippen LogP contribution in [-0.2, 0) is 6.54 Å². The molecule has 3 nitrogen and oxygen atoms in total. The van der Waals surface area contributed by atoms with Crippen LogP contribution >= 0.6 is 0 Å². The van der Waals surface area contributed by atoms with Crippen LogP contribution in [0.1, 0.15) is 25.8 Å². The van der Waals surface area contributed by atoms with Gasteiger partial charge >= 0.3 is 0 Å². The highest BCUT2D eigenvalue weighted by Crippen LogP contribution is 2.18. The van der Waals surface area contributed by atoms with Gasteiger partial charge in [0.15, 0.2) is 0 Å². The summed E-state index contributed by atoms with van der Waals surface area (Å²) in [4.78, 5) is 0. The maximum Gasteiger partial charge on any atom is 0.124 e. The summed E-state index contributed by atoms with van der Waals surface area (Å²) in [6.45, 7) is 7.05. The molecule has 0 unspecified atom stereocenters. The van der Waals surface area contributed by atoms with Gasteiger partial charge in [0.2, 0.25) is 0 Å². The Hall–Kier alpha value is -1.06. The van der Waals surface area contributed by atoms with Crippen LogP contribution in [0.2, 0.25) is 0 Å². The molecule has 1 aromatic carbocycles. The zero-order valence-corrected chi connectivity index (χ0v) is 11.1. The highest BCUT2D eigenvalue weighted by molar-refractivity contribution is 5.33. The van der Waals surface area contributed by atoms with Gasteiger partial charge in [-0.3, -0.25) is 0 Å². The second kappa shape index (κ2) is 8.09. The summed E-state index contributed by atoms with van der Waals surface area (Å²) in [5.41, 5.74) is 1.23. The number of para-hydroxylation sites is 1. The van der Waals surface area contributed by atoms with Crippen molar-refractivity contribution in [1.29, 1.82) is 0 Å². The predicted octanol–water partition coefficient (Wildman–Crippen LogP) is 2.17. The first kappa shape index (κ1) is 14.0. The first-order valence-electron chi connectivity index (χ1n) is 6.34. The van der Waals surface area contributed by atoms with Crippen LogP contribution < -0.4 is 15.4 Å². The third-order valence-electron chi connectivity index (χ3n) is 2.43. The van der Waals surface area contributed by atoms with Crippen molar-refractivity contribution < 1.29 is 4.74 Å². The van der Waals surface area contributed by atoms with Gasteiger partial charge in [-0.25, -0.2) is 0 Å². The summed E-state index contributed by atoms with van der Waals surface area (Å²) < 4.78 is 5.77. The van der Waals surface area contributed by atoms with Crippen molar-refractivity contribution in [2.75, 3.05) is 20.1 Å². The van der Waals surface area contributed by atoms with Crippen molar-refractivity contribution in [2.24, 2.45) is 0 Å². The summed E-state index contributed by atoms with van der Waals surface area (Å²) >= 11 is 0. The molecule has 0 spiro atoms. The Morgan fingerprint density at radius 1 is 1.18 bits per heavy atom. The third-order valence-corrected chi connectivity index (χ3v) is 2.43. The molecule has 17 heavy (non-hydrogen) atoms. The van der Waals surface area contributed by atoms with Gasteiger partial charge in [0.25, 0.3) is 0 Å². The van der Waals surface area contributed by atoms with E-state index in [4.69, 9.17) is 4.74 Å². The van der Waals surface area contributed by atoms with E-state index in [9.17, 15) is 0 Å². The molecule has 0 fully saturated rings. The lowest BCUT2D eigenvalue weighted by Gasteiger charge is -2.14. The first-order chi connectivity index (χ1) is 8.24. The van der Waals surface area contributed by atoms with Crippen molar-refractivity contribution in [3.8, 4) is 5.75 Å². The monoisotopic (exact) mass is 236 g/mol. The number of rotatable bonds is 8. The summed E-state index contributed by atoms with van der Waals surface area (Å²) in [6.07, 6.45) is 1.37. The zero-order chi connectivity index (χ0) is 12.5. The lowest BCUT2D eigenvalue weighted by atomic mass is 10.2. The molecule has 0 heterocycles. The number of benzene rings is 1. The first-order valence-corrected chi connectivity index (χ1v) is 6.34. The summed E-state index contributed by atoms with van der Waals surface area (Å²) in [5, 5.41) is 6.57. The lowest BCUT2D eigenvalue weighted by molar-refractivity contribution is 0.239. The molecule has 96 valence electrons. The molecule has 0 aliphatic carbocycles. The molecule has 0 aliphatic rings. The van der Waals surface area contributed by atoms with Gasteiger partial charge in [-0.05, 0) is 46.5 Å². The number of ether oxygens (including phenoxy) is 1. The van der Waals surface area contributed by atoms with Gasteiger partial charge in [-0.1, -0.05) is 18.2 Å². The summed E-state index contributed by atoms with van der Waals surface area (Å²) in [7, 11) is 1.98. The molecular formula is C14H24N2O. The van der Waals surface area contributed by atoms with Crippen LogP contribution in [-0.4, -0.2) is 26.2 Å². The Bertz CT molecular complexity index is 313. The molecule has 1 rings (SSSR count). The second-order valence-corrected chi connectivity index (χ2v) is 4.41. The van der Waals surface area contributed by atoms with Crippen molar-refractivity contribution in [2.45, 2.75) is 32.9 Å². The van der Waals surface area contributed by atoms with E-state index < -0.39 is 0 Å². The van der Waals surface area contributed by atoms with E-state index in [-0.39, 0.29) is 6.10 Å². The zero-order valence-electron chi connectivity index (χ0n) is 11.1. The lowest BCUT2D eigenvalue weighted by Crippen LogP contribution is -2.20. The average Bonchev–Trinajstić information content (AvgIpc) is 2.30. The summed E-state index contributed by atoms with van der Waals surface area (Å²) in [5.74, 6) is 0.989. The number of nitrogens with one attached hydrogen (secondary N) is 2. The molecule has 0 aliphatic heterocycles. The fourth-order valence-electron chi connectivity index (χ4n) is 1.63. The van der Waals surface area contributed by atoms with Gasteiger partial charge in [0, 0.05) is 12.1 Å². The summed E-state index contributed by atoms with van der Waals surface area (Å²) in [6, 6.07) is 8.22. The fraction of sp³-hybridized carbons (Fsp3) is 0.571. The van der Waals surface area contributed by atoms with Crippen LogP contribution in [0.15, 0.2) is 24.3 Å². The van der Waals surface area contributed by atoms with Crippen LogP contribution in [0, 0.1) is 0 Å². The molecule has 0 saturated heterocycles. The number of hydrogen-bond donors (Lipinski definition) is 2. The molecule has 0 saturated carbocycles. The Labute approximate surface area is 105 Å². The molecule has 0 atom stereocenters. The Morgan fingerprint density at radius 3 is 2.65 bits per heavy atom. The second-order valence-electron chi connectivity index (χ2n) is 4.41. The van der Waals surface area contributed by atoms with E-state index in [0.717, 1.165) is 31.8 Å². The Morgan fingerprint density at radius 2 is 1.94 bits per heavy atom. The minimum atomic E-state index is 0.223. The van der Waals surface area contributed by atoms with Crippen LogP contribution in [0.4, 0.5) is 0 Å². The standard InChI is InChI=1S/C14H24N2O/c1-12(2)17-14-8-5-4-7-13(14)11-16-10-6-9-15-3/h4-5,7-8,12,15-16H,6,9-11H2,1-3H3. The van der Waals surface area contributed by atoms with E-state index in [1.165, 1.54) is 5.56 Å². The highest BCUT2D eigenvalue weighted by Gasteiger charge is 2.03. The van der Waals surface area contributed by atoms with E-state index in [1.807, 2.05) is 19.2 Å². The Kier molecular flexibility index (Phi) is 6.67. The maximum absolute atomic E-state index is 5.77. The number of hydrogen-bond acceptors (Lipinski definition) is 3. The minimum absolute atomic E-state index is 0.223. The van der Waals surface area contributed by atoms with Gasteiger partial charge in [0.05, 0.1) is 6.10 Å². The fourth-order valence-corrected chi connectivity index (χ4v) is 1.63. The quantitative estimate of drug-likeness (QED) is 0.679. The molecule has 0 bridgehead atoms. The highest BCUT2D eigenvalue weighted by atomic mass is 16.5. The molecule has 3 heteroatoms. The topological polar surface area (TPSA) is 33.3 Å². The molecule has 0 amide bonds. The van der Waals surface area contributed by atoms with Crippen molar-refractivity contribution in [1.82, 2.24) is 10.6 Å². The smallest absolute Gasteiger partial charge is 0.124 e. The van der Waals surface area contributed by atoms with Gasteiger partial charge in [-0.2, -0.15) is 0 Å². The molecule has 2 N–H and O–H groups in total.